The lowest BCUT2D eigenvalue weighted by Gasteiger charge is -2.37. The number of cyclic esters (lactones) is 1. The fourth-order valence-electron chi connectivity index (χ4n) is 4.38. The van der Waals surface area contributed by atoms with E-state index in [4.69, 9.17) is 9.15 Å². The third kappa shape index (κ3) is 5.88. The van der Waals surface area contributed by atoms with E-state index in [1.54, 1.807) is 24.1 Å². The minimum Gasteiger partial charge on any atom is -0.423 e. The predicted molar refractivity (Wildman–Crippen MR) is 130 cm³/mol. The quantitative estimate of drug-likeness (QED) is 0.337. The third-order valence-corrected chi connectivity index (χ3v) is 6.31. The molecule has 1 atom stereocenters. The number of amides is 3. The van der Waals surface area contributed by atoms with Gasteiger partial charge in [-0.3, -0.25) is 24.6 Å². The summed E-state index contributed by atoms with van der Waals surface area (Å²) in [6, 6.07) is 7.09. The van der Waals surface area contributed by atoms with Gasteiger partial charge in [0.1, 0.15) is 16.5 Å². The Kier molecular flexibility index (Phi) is 7.41. The SMILES string of the molecule is CC(=O)N[C@H]1CN(c2ccc(N(C)C3CCN(C(=O)/C=C/c4ccc([N+](=O)[O-])o4)CC3)c(F)c2)C(=O)O1. The molecule has 1 N–H and O–H groups in total. The minimum atomic E-state index is -0.796. The lowest BCUT2D eigenvalue weighted by atomic mass is 10.0. The van der Waals surface area contributed by atoms with Crippen molar-refractivity contribution in [2.75, 3.05) is 36.5 Å². The molecule has 0 unspecified atom stereocenters. The number of benzene rings is 1. The number of likely N-dealkylation sites (tertiary alicyclic amines) is 1. The van der Waals surface area contributed by atoms with Crippen LogP contribution in [0.1, 0.15) is 25.5 Å². The minimum absolute atomic E-state index is 0.0120. The third-order valence-electron chi connectivity index (χ3n) is 6.31. The Hall–Kier alpha value is -4.42. The summed E-state index contributed by atoms with van der Waals surface area (Å²) in [5.41, 5.74) is 0.681. The number of rotatable bonds is 7. The molecule has 2 aliphatic rings. The summed E-state index contributed by atoms with van der Waals surface area (Å²) in [7, 11) is 1.78. The van der Waals surface area contributed by atoms with Crippen LogP contribution in [0, 0.1) is 15.9 Å². The molecule has 2 fully saturated rings. The molecular weight excluding hydrogens is 489 g/mol. The molecule has 1 aromatic carbocycles. The Morgan fingerprint density at radius 1 is 1.24 bits per heavy atom. The van der Waals surface area contributed by atoms with Crippen LogP contribution >= 0.6 is 0 Å². The maximum atomic E-state index is 15.0. The summed E-state index contributed by atoms with van der Waals surface area (Å²) in [5.74, 6) is -1.28. The van der Waals surface area contributed by atoms with Crippen molar-refractivity contribution in [1.82, 2.24) is 10.2 Å². The zero-order valence-corrected chi connectivity index (χ0v) is 20.3. The van der Waals surface area contributed by atoms with E-state index in [1.807, 2.05) is 4.90 Å². The summed E-state index contributed by atoms with van der Waals surface area (Å²) >= 11 is 0. The summed E-state index contributed by atoms with van der Waals surface area (Å²) in [4.78, 5) is 50.6. The lowest BCUT2D eigenvalue weighted by molar-refractivity contribution is -0.402. The molecule has 0 spiro atoms. The first-order valence-corrected chi connectivity index (χ1v) is 11.6. The Morgan fingerprint density at radius 2 is 1.97 bits per heavy atom. The molecule has 3 amide bonds. The number of piperidine rings is 1. The molecule has 2 aromatic rings. The van der Waals surface area contributed by atoms with Crippen molar-refractivity contribution in [2.24, 2.45) is 0 Å². The molecule has 1 aromatic heterocycles. The highest BCUT2D eigenvalue weighted by atomic mass is 19.1. The van der Waals surface area contributed by atoms with E-state index in [-0.39, 0.29) is 30.2 Å². The van der Waals surface area contributed by atoms with Crippen LogP contribution in [0.5, 0.6) is 0 Å². The molecule has 12 nitrogen and oxygen atoms in total. The van der Waals surface area contributed by atoms with E-state index in [2.05, 4.69) is 5.32 Å². The van der Waals surface area contributed by atoms with Crippen LogP contribution in [-0.4, -0.2) is 66.7 Å². The van der Waals surface area contributed by atoms with Crippen molar-refractivity contribution < 1.29 is 32.9 Å². The van der Waals surface area contributed by atoms with Gasteiger partial charge in [0.25, 0.3) is 0 Å². The second kappa shape index (κ2) is 10.7. The summed E-state index contributed by atoms with van der Waals surface area (Å²) < 4.78 is 25.1. The number of nitro groups is 1. The molecule has 196 valence electrons. The van der Waals surface area contributed by atoms with Crippen molar-refractivity contribution in [3.8, 4) is 0 Å². The number of furan rings is 1. The lowest BCUT2D eigenvalue weighted by Crippen LogP contribution is -2.45. The molecule has 0 bridgehead atoms. The van der Waals surface area contributed by atoms with Crippen LogP contribution in [0.4, 0.5) is 26.4 Å². The number of nitrogens with zero attached hydrogens (tertiary/aromatic N) is 4. The van der Waals surface area contributed by atoms with Gasteiger partial charge in [0.2, 0.25) is 11.8 Å². The highest BCUT2D eigenvalue weighted by Gasteiger charge is 2.33. The van der Waals surface area contributed by atoms with Crippen LogP contribution in [-0.2, 0) is 14.3 Å². The predicted octanol–water partition coefficient (Wildman–Crippen LogP) is 2.89. The zero-order valence-electron chi connectivity index (χ0n) is 20.3. The van der Waals surface area contributed by atoms with Gasteiger partial charge in [-0.15, -0.1) is 0 Å². The van der Waals surface area contributed by atoms with E-state index in [1.165, 1.54) is 42.2 Å². The van der Waals surface area contributed by atoms with Gasteiger partial charge in [0, 0.05) is 39.2 Å². The number of hydrogen-bond acceptors (Lipinski definition) is 8. The average Bonchev–Trinajstić information content (AvgIpc) is 3.48. The Morgan fingerprint density at radius 3 is 2.59 bits per heavy atom. The van der Waals surface area contributed by atoms with E-state index in [0.29, 0.717) is 37.3 Å². The van der Waals surface area contributed by atoms with Crippen molar-refractivity contribution in [3.63, 3.8) is 0 Å². The first-order valence-electron chi connectivity index (χ1n) is 11.6. The molecule has 0 saturated carbocycles. The van der Waals surface area contributed by atoms with Gasteiger partial charge in [-0.1, -0.05) is 0 Å². The average molecular weight is 515 g/mol. The normalized spacial score (nSPS) is 18.2. The largest absolute Gasteiger partial charge is 0.433 e. The van der Waals surface area contributed by atoms with Gasteiger partial charge in [-0.05, 0) is 43.2 Å². The van der Waals surface area contributed by atoms with Gasteiger partial charge in [-0.25, -0.2) is 9.18 Å². The zero-order chi connectivity index (χ0) is 26.7. The van der Waals surface area contributed by atoms with Gasteiger partial charge in [0.15, 0.2) is 6.23 Å². The maximum absolute atomic E-state index is 15.0. The van der Waals surface area contributed by atoms with Gasteiger partial charge < -0.3 is 24.3 Å². The number of anilines is 2. The molecule has 2 saturated heterocycles. The van der Waals surface area contributed by atoms with E-state index >= 15 is 4.39 Å². The van der Waals surface area contributed by atoms with Crippen LogP contribution in [0.3, 0.4) is 0 Å². The Labute approximate surface area is 211 Å². The van der Waals surface area contributed by atoms with Crippen LogP contribution in [0.15, 0.2) is 40.8 Å². The Balaban J connectivity index is 1.33. The molecule has 3 heterocycles. The number of halogens is 1. The standard InChI is InChI=1S/C24H26FN5O7/c1-15(31)26-21-14-29(24(33)37-21)17-3-6-20(19(25)13-17)27(2)16-9-11-28(12-10-16)22(32)7-4-18-5-8-23(36-18)30(34)35/h3-8,13,16,21H,9-12,14H2,1-2H3,(H,26,31)/b7-4+/t21-/m1/s1. The molecular formula is C24H26FN5O7. The van der Waals surface area contributed by atoms with Crippen molar-refractivity contribution in [2.45, 2.75) is 32.0 Å². The van der Waals surface area contributed by atoms with E-state index in [0.717, 1.165) is 0 Å². The second-order valence-corrected chi connectivity index (χ2v) is 8.75. The number of nitrogens with one attached hydrogen (secondary N) is 1. The molecule has 4 rings (SSSR count). The van der Waals surface area contributed by atoms with Crippen molar-refractivity contribution in [3.05, 3.63) is 58.1 Å². The molecule has 0 aliphatic carbocycles. The van der Waals surface area contributed by atoms with Crippen LogP contribution < -0.4 is 15.1 Å². The summed E-state index contributed by atoms with van der Waals surface area (Å²) in [6.45, 7) is 2.31. The summed E-state index contributed by atoms with van der Waals surface area (Å²) in [5, 5.41) is 13.2. The number of ether oxygens (including phenoxy) is 1. The van der Waals surface area contributed by atoms with Crippen LogP contribution in [0.25, 0.3) is 6.08 Å². The second-order valence-electron chi connectivity index (χ2n) is 8.75. The molecule has 13 heteroatoms. The number of carbonyl (C=O) groups is 3. The van der Waals surface area contributed by atoms with E-state index < -0.39 is 28.9 Å². The smallest absolute Gasteiger partial charge is 0.423 e. The monoisotopic (exact) mass is 515 g/mol. The molecule has 0 radical (unpaired) electrons. The van der Waals surface area contributed by atoms with Gasteiger partial charge >= 0.3 is 12.0 Å². The molecule has 37 heavy (non-hydrogen) atoms. The number of hydrogen-bond donors (Lipinski definition) is 1. The van der Waals surface area contributed by atoms with Crippen molar-refractivity contribution in [1.29, 1.82) is 0 Å². The van der Waals surface area contributed by atoms with Crippen molar-refractivity contribution >= 4 is 41.2 Å². The Bertz CT molecular complexity index is 1240. The first kappa shape index (κ1) is 25.7. The van der Waals surface area contributed by atoms with Gasteiger partial charge in [-0.2, -0.15) is 0 Å². The maximum Gasteiger partial charge on any atom is 0.433 e. The summed E-state index contributed by atoms with van der Waals surface area (Å²) in [6.07, 6.45) is 2.45. The molecule has 2 aliphatic heterocycles. The fraction of sp³-hybridized carbons (Fsp3) is 0.375. The highest BCUT2D eigenvalue weighted by molar-refractivity contribution is 5.92. The topological polar surface area (TPSA) is 138 Å². The first-order chi connectivity index (χ1) is 17.6. The van der Waals surface area contributed by atoms with Crippen LogP contribution in [0.2, 0.25) is 0 Å². The highest BCUT2D eigenvalue weighted by Crippen LogP contribution is 2.30. The number of carbonyl (C=O) groups excluding carboxylic acids is 3. The van der Waals surface area contributed by atoms with Gasteiger partial charge in [0.05, 0.1) is 24.0 Å². The fourth-order valence-corrected chi connectivity index (χ4v) is 4.38. The van der Waals surface area contributed by atoms with E-state index in [9.17, 15) is 24.5 Å².